The maximum absolute atomic E-state index is 14.2. The molecular formula is C36H35N3O6S. The number of hydrogen-bond acceptors (Lipinski definition) is 6. The standard InChI is InChI=1S/C36H35N3O6S/c1-23-10-14-30(15-11-23)46(43,44)38-32(20-27-8-6-5-7-9-27)36(42)45-34(33-25(3)18-28(35(40)41)19-26(33)4)31-21-29(13-12-24(31)2)39-17-16-37-22-39/h5-19,21-22,32,34,38H,20H2,1-4H3,(H,40,41). The Labute approximate surface area is 268 Å². The molecule has 5 rings (SSSR count). The zero-order chi connectivity index (χ0) is 33.0. The molecule has 0 saturated heterocycles. The number of benzene rings is 4. The van der Waals surface area contributed by atoms with Crippen molar-refractivity contribution in [2.75, 3.05) is 0 Å². The summed E-state index contributed by atoms with van der Waals surface area (Å²) in [7, 11) is -4.11. The molecular weight excluding hydrogens is 602 g/mol. The molecule has 4 aromatic carbocycles. The van der Waals surface area contributed by atoms with Crippen molar-refractivity contribution in [1.29, 1.82) is 0 Å². The topological polar surface area (TPSA) is 128 Å². The lowest BCUT2D eigenvalue weighted by atomic mass is 9.89. The van der Waals surface area contributed by atoms with Crippen LogP contribution in [0.25, 0.3) is 5.69 Å². The molecule has 1 aromatic heterocycles. The molecule has 46 heavy (non-hydrogen) atoms. The van der Waals surface area contributed by atoms with Crippen molar-refractivity contribution in [2.24, 2.45) is 0 Å². The molecule has 10 heteroatoms. The molecule has 2 N–H and O–H groups in total. The molecule has 2 unspecified atom stereocenters. The highest BCUT2D eigenvalue weighted by molar-refractivity contribution is 7.89. The Hall–Kier alpha value is -5.06. The Bertz CT molecular complexity index is 1950. The number of nitrogens with zero attached hydrogens (tertiary/aromatic N) is 2. The highest BCUT2D eigenvalue weighted by Crippen LogP contribution is 2.35. The average Bonchev–Trinajstić information content (AvgIpc) is 3.56. The van der Waals surface area contributed by atoms with E-state index < -0.39 is 34.1 Å². The third kappa shape index (κ3) is 7.25. The third-order valence-corrected chi connectivity index (χ3v) is 9.37. The molecule has 2 atom stereocenters. The molecule has 5 aromatic rings. The molecule has 0 radical (unpaired) electrons. The van der Waals surface area contributed by atoms with Gasteiger partial charge in [-0.25, -0.2) is 18.2 Å². The van der Waals surface area contributed by atoms with Crippen LogP contribution in [0.1, 0.15) is 55.4 Å². The first-order valence-corrected chi connectivity index (χ1v) is 16.2. The van der Waals surface area contributed by atoms with Gasteiger partial charge in [0.1, 0.15) is 6.04 Å². The van der Waals surface area contributed by atoms with Gasteiger partial charge in [0.25, 0.3) is 0 Å². The van der Waals surface area contributed by atoms with Gasteiger partial charge in [-0.2, -0.15) is 4.72 Å². The number of ether oxygens (including phenoxy) is 1. The number of esters is 1. The van der Waals surface area contributed by atoms with Crippen LogP contribution >= 0.6 is 0 Å². The Kier molecular flexibility index (Phi) is 9.50. The smallest absolute Gasteiger partial charge is 0.335 e. The molecule has 0 fully saturated rings. The number of aromatic carboxylic acids is 1. The largest absolute Gasteiger partial charge is 0.478 e. The van der Waals surface area contributed by atoms with Gasteiger partial charge in [0, 0.05) is 29.2 Å². The number of nitrogens with one attached hydrogen (secondary N) is 1. The molecule has 236 valence electrons. The van der Waals surface area contributed by atoms with E-state index in [1.54, 1.807) is 56.8 Å². The van der Waals surface area contributed by atoms with Crippen LogP contribution in [-0.4, -0.2) is 41.1 Å². The quantitative estimate of drug-likeness (QED) is 0.169. The number of aromatic nitrogens is 2. The minimum atomic E-state index is -4.11. The Morgan fingerprint density at radius 3 is 2.17 bits per heavy atom. The highest BCUT2D eigenvalue weighted by Gasteiger charge is 2.32. The van der Waals surface area contributed by atoms with Gasteiger partial charge in [-0.3, -0.25) is 4.79 Å². The van der Waals surface area contributed by atoms with Crippen molar-refractivity contribution in [2.45, 2.75) is 51.2 Å². The van der Waals surface area contributed by atoms with E-state index in [9.17, 15) is 23.1 Å². The zero-order valence-corrected chi connectivity index (χ0v) is 26.8. The van der Waals surface area contributed by atoms with Crippen molar-refractivity contribution in [3.63, 3.8) is 0 Å². The van der Waals surface area contributed by atoms with E-state index in [2.05, 4.69) is 9.71 Å². The van der Waals surface area contributed by atoms with Crippen LogP contribution in [0.4, 0.5) is 0 Å². The van der Waals surface area contributed by atoms with Crippen LogP contribution in [0.2, 0.25) is 0 Å². The predicted molar refractivity (Wildman–Crippen MR) is 175 cm³/mol. The second-order valence-electron chi connectivity index (χ2n) is 11.3. The molecule has 9 nitrogen and oxygen atoms in total. The maximum atomic E-state index is 14.2. The molecule has 0 aliphatic heterocycles. The maximum Gasteiger partial charge on any atom is 0.335 e. The summed E-state index contributed by atoms with van der Waals surface area (Å²) in [5.74, 6) is -1.85. The van der Waals surface area contributed by atoms with E-state index >= 15 is 0 Å². The number of sulfonamides is 1. The molecule has 0 amide bonds. The first-order chi connectivity index (χ1) is 21.9. The van der Waals surface area contributed by atoms with E-state index in [0.29, 0.717) is 22.3 Å². The molecule has 0 saturated carbocycles. The highest BCUT2D eigenvalue weighted by atomic mass is 32.2. The summed E-state index contributed by atoms with van der Waals surface area (Å²) >= 11 is 0. The number of carboxylic acid groups (broad SMARTS) is 1. The van der Waals surface area contributed by atoms with E-state index in [1.165, 1.54) is 12.1 Å². The second-order valence-corrected chi connectivity index (χ2v) is 13.0. The third-order valence-electron chi connectivity index (χ3n) is 7.88. The molecule has 0 aliphatic carbocycles. The summed E-state index contributed by atoms with van der Waals surface area (Å²) in [4.78, 5) is 30.2. The van der Waals surface area contributed by atoms with Gasteiger partial charge in [-0.15, -0.1) is 0 Å². The van der Waals surface area contributed by atoms with Crippen molar-refractivity contribution < 1.29 is 27.9 Å². The SMILES string of the molecule is Cc1ccc(S(=O)(=O)NC(Cc2ccccc2)C(=O)OC(c2cc(-n3ccnc3)ccc2C)c2c(C)cc(C(=O)O)cc2C)cc1. The van der Waals surface area contributed by atoms with Crippen LogP contribution in [0.3, 0.4) is 0 Å². The summed E-state index contributed by atoms with van der Waals surface area (Å²) in [6.45, 7) is 7.29. The van der Waals surface area contributed by atoms with Gasteiger partial charge >= 0.3 is 11.9 Å². The number of carbonyl (C=O) groups excluding carboxylic acids is 1. The molecule has 0 bridgehead atoms. The predicted octanol–water partition coefficient (Wildman–Crippen LogP) is 6.03. The van der Waals surface area contributed by atoms with Crippen LogP contribution in [0.15, 0.2) is 109 Å². The normalized spacial score (nSPS) is 12.8. The summed E-state index contributed by atoms with van der Waals surface area (Å²) in [6, 6.07) is 23.0. The van der Waals surface area contributed by atoms with Gasteiger partial charge in [-0.1, -0.05) is 54.1 Å². The van der Waals surface area contributed by atoms with Gasteiger partial charge in [-0.05, 0) is 92.8 Å². The zero-order valence-electron chi connectivity index (χ0n) is 26.0. The summed E-state index contributed by atoms with van der Waals surface area (Å²) in [5.41, 5.74) is 5.85. The van der Waals surface area contributed by atoms with Crippen LogP contribution in [0.5, 0.6) is 0 Å². The lowest BCUT2D eigenvalue weighted by Crippen LogP contribution is -2.43. The van der Waals surface area contributed by atoms with E-state index in [1.807, 2.05) is 66.9 Å². The lowest BCUT2D eigenvalue weighted by Gasteiger charge is -2.27. The number of imidazole rings is 1. The molecule has 0 aliphatic rings. The average molecular weight is 638 g/mol. The van der Waals surface area contributed by atoms with Crippen molar-refractivity contribution in [3.8, 4) is 5.69 Å². The number of rotatable bonds is 11. The Balaban J connectivity index is 1.60. The summed E-state index contributed by atoms with van der Waals surface area (Å²) < 4.78 is 37.8. The minimum Gasteiger partial charge on any atom is -0.478 e. The lowest BCUT2D eigenvalue weighted by molar-refractivity contribution is -0.149. The molecule has 1 heterocycles. The van der Waals surface area contributed by atoms with Gasteiger partial charge in [0.15, 0.2) is 6.10 Å². The van der Waals surface area contributed by atoms with Crippen molar-refractivity contribution >= 4 is 22.0 Å². The molecule has 0 spiro atoms. The number of aryl methyl sites for hydroxylation is 4. The van der Waals surface area contributed by atoms with Crippen LogP contribution < -0.4 is 4.72 Å². The Morgan fingerprint density at radius 1 is 0.891 bits per heavy atom. The first-order valence-electron chi connectivity index (χ1n) is 14.7. The fourth-order valence-electron chi connectivity index (χ4n) is 5.47. The second kappa shape index (κ2) is 13.5. The number of carbonyl (C=O) groups is 2. The summed E-state index contributed by atoms with van der Waals surface area (Å²) in [6.07, 6.45) is 4.17. The van der Waals surface area contributed by atoms with Crippen molar-refractivity contribution in [1.82, 2.24) is 14.3 Å². The van der Waals surface area contributed by atoms with Crippen LogP contribution in [-0.2, 0) is 26.0 Å². The van der Waals surface area contributed by atoms with Gasteiger partial charge in [0.05, 0.1) is 16.8 Å². The minimum absolute atomic E-state index is 0.0281. The fourth-order valence-corrected chi connectivity index (χ4v) is 6.65. The van der Waals surface area contributed by atoms with Gasteiger partial charge in [0.2, 0.25) is 10.0 Å². The van der Waals surface area contributed by atoms with E-state index in [0.717, 1.165) is 22.4 Å². The van der Waals surface area contributed by atoms with E-state index in [4.69, 9.17) is 4.74 Å². The first kappa shape index (κ1) is 32.3. The Morgan fingerprint density at radius 2 is 1.57 bits per heavy atom. The van der Waals surface area contributed by atoms with Crippen molar-refractivity contribution in [3.05, 3.63) is 148 Å². The number of hydrogen-bond donors (Lipinski definition) is 2. The number of carboxylic acids is 1. The monoisotopic (exact) mass is 637 g/mol. The fraction of sp³-hybridized carbons (Fsp3) is 0.194. The van der Waals surface area contributed by atoms with E-state index in [-0.39, 0.29) is 16.9 Å². The van der Waals surface area contributed by atoms with Gasteiger partial charge < -0.3 is 14.4 Å². The van der Waals surface area contributed by atoms with Crippen LogP contribution in [0, 0.1) is 27.7 Å². The summed E-state index contributed by atoms with van der Waals surface area (Å²) in [5, 5.41) is 9.68.